The molecule has 0 aromatic heterocycles. The Bertz CT molecular complexity index is 1490. The van der Waals surface area contributed by atoms with E-state index in [-0.39, 0.29) is 18.3 Å². The van der Waals surface area contributed by atoms with E-state index < -0.39 is 16.0 Å². The zero-order valence-electron chi connectivity index (χ0n) is 23.1. The highest BCUT2D eigenvalue weighted by Crippen LogP contribution is 2.38. The SMILES string of the molecule is Cc1cc(OC[C@H]2CCN(S(C)(=O)=O)C2)cc(C)c1-c1cccc(COc2ccc3c(c2)OCC3CC(=O)O)c1. The topological polar surface area (TPSA) is 102 Å². The smallest absolute Gasteiger partial charge is 0.304 e. The maximum Gasteiger partial charge on any atom is 0.304 e. The molecular formula is C31H35NO7S. The molecule has 1 N–H and O–H groups in total. The Labute approximate surface area is 235 Å². The van der Waals surface area contributed by atoms with Crippen LogP contribution in [0.15, 0.2) is 54.6 Å². The third-order valence-corrected chi connectivity index (χ3v) is 8.89. The van der Waals surface area contributed by atoms with Crippen molar-refractivity contribution in [1.29, 1.82) is 0 Å². The first kappa shape index (κ1) is 28.0. The molecular weight excluding hydrogens is 530 g/mol. The highest BCUT2D eigenvalue weighted by atomic mass is 32.2. The molecule has 0 amide bonds. The van der Waals surface area contributed by atoms with Crippen LogP contribution in [0.5, 0.6) is 17.2 Å². The summed E-state index contributed by atoms with van der Waals surface area (Å²) in [6.07, 6.45) is 2.11. The van der Waals surface area contributed by atoms with E-state index in [2.05, 4.69) is 26.0 Å². The highest BCUT2D eigenvalue weighted by molar-refractivity contribution is 7.88. The zero-order chi connectivity index (χ0) is 28.4. The van der Waals surface area contributed by atoms with Gasteiger partial charge < -0.3 is 19.3 Å². The maximum absolute atomic E-state index is 11.8. The van der Waals surface area contributed by atoms with E-state index >= 15 is 0 Å². The predicted molar refractivity (Wildman–Crippen MR) is 153 cm³/mol. The minimum atomic E-state index is -3.15. The van der Waals surface area contributed by atoms with Crippen LogP contribution in [-0.4, -0.2) is 56.4 Å². The molecule has 1 saturated heterocycles. The van der Waals surface area contributed by atoms with Crippen molar-refractivity contribution in [2.75, 3.05) is 32.6 Å². The van der Waals surface area contributed by atoms with Gasteiger partial charge in [0.05, 0.1) is 25.9 Å². The first-order chi connectivity index (χ1) is 19.1. The predicted octanol–water partition coefficient (Wildman–Crippen LogP) is 5.16. The summed E-state index contributed by atoms with van der Waals surface area (Å²) in [5.74, 6) is 1.38. The van der Waals surface area contributed by atoms with Gasteiger partial charge in [0, 0.05) is 36.6 Å². The highest BCUT2D eigenvalue weighted by Gasteiger charge is 2.29. The Morgan fingerprint density at radius 1 is 1.05 bits per heavy atom. The van der Waals surface area contributed by atoms with E-state index in [1.54, 1.807) is 0 Å². The monoisotopic (exact) mass is 565 g/mol. The standard InChI is InChI=1S/C31H35NO7S/c1-20-11-27(38-18-23-9-10-32(16-23)40(3,35)36)12-21(2)31(20)24-6-4-5-22(13-24)17-37-26-7-8-28-25(14-30(33)34)19-39-29(28)15-26/h4-8,11-13,15,23,25H,9-10,14,16-19H2,1-3H3,(H,33,34)/t23-,25?/m0/s1. The maximum atomic E-state index is 11.8. The molecule has 1 fully saturated rings. The number of carboxylic acid groups (broad SMARTS) is 1. The minimum absolute atomic E-state index is 0.0522. The number of aryl methyl sites for hydroxylation is 2. The molecule has 0 saturated carbocycles. The third kappa shape index (κ3) is 6.42. The van der Waals surface area contributed by atoms with Crippen molar-refractivity contribution in [3.63, 3.8) is 0 Å². The van der Waals surface area contributed by atoms with Gasteiger partial charge in [0.25, 0.3) is 0 Å². The van der Waals surface area contributed by atoms with E-state index in [1.165, 1.54) is 10.6 Å². The summed E-state index contributed by atoms with van der Waals surface area (Å²) in [5, 5.41) is 9.11. The number of aliphatic carboxylic acids is 1. The van der Waals surface area contributed by atoms with Crippen molar-refractivity contribution in [1.82, 2.24) is 4.31 Å². The lowest BCUT2D eigenvalue weighted by Gasteiger charge is -2.17. The molecule has 2 aliphatic rings. The average Bonchev–Trinajstić information content (AvgIpc) is 3.53. The van der Waals surface area contributed by atoms with Crippen LogP contribution in [0.4, 0.5) is 0 Å². The summed E-state index contributed by atoms with van der Waals surface area (Å²) in [4.78, 5) is 11.1. The number of hydrogen-bond acceptors (Lipinski definition) is 6. The number of sulfonamides is 1. The number of nitrogens with zero attached hydrogens (tertiary/aromatic N) is 1. The fourth-order valence-electron chi connectivity index (χ4n) is 5.62. The van der Waals surface area contributed by atoms with E-state index in [9.17, 15) is 13.2 Å². The number of hydrogen-bond donors (Lipinski definition) is 1. The van der Waals surface area contributed by atoms with Crippen molar-refractivity contribution in [3.05, 3.63) is 76.9 Å². The number of ether oxygens (including phenoxy) is 3. The molecule has 2 aliphatic heterocycles. The van der Waals surface area contributed by atoms with Crippen LogP contribution in [0.1, 0.15) is 41.0 Å². The van der Waals surface area contributed by atoms with Gasteiger partial charge in [-0.25, -0.2) is 12.7 Å². The second kappa shape index (κ2) is 11.5. The van der Waals surface area contributed by atoms with Gasteiger partial charge in [-0.1, -0.05) is 24.3 Å². The summed E-state index contributed by atoms with van der Waals surface area (Å²) >= 11 is 0. The number of fused-ring (bicyclic) bond motifs is 1. The molecule has 5 rings (SSSR count). The van der Waals surface area contributed by atoms with Crippen LogP contribution >= 0.6 is 0 Å². The largest absolute Gasteiger partial charge is 0.493 e. The molecule has 0 aliphatic carbocycles. The number of carbonyl (C=O) groups is 1. The first-order valence-electron chi connectivity index (χ1n) is 13.5. The normalized spacial score (nSPS) is 18.8. The molecule has 0 spiro atoms. The second-order valence-corrected chi connectivity index (χ2v) is 12.8. The van der Waals surface area contributed by atoms with Crippen molar-refractivity contribution in [3.8, 4) is 28.4 Å². The van der Waals surface area contributed by atoms with Crippen molar-refractivity contribution >= 4 is 16.0 Å². The Hall–Kier alpha value is -3.56. The van der Waals surface area contributed by atoms with Gasteiger partial charge in [0.15, 0.2) is 0 Å². The van der Waals surface area contributed by atoms with Crippen LogP contribution in [-0.2, 0) is 21.4 Å². The molecule has 40 heavy (non-hydrogen) atoms. The summed E-state index contributed by atoms with van der Waals surface area (Å²) in [6.45, 7) is 6.45. The quantitative estimate of drug-likeness (QED) is 0.362. The van der Waals surface area contributed by atoms with E-state index in [0.717, 1.165) is 45.6 Å². The molecule has 3 aromatic carbocycles. The lowest BCUT2D eigenvalue weighted by molar-refractivity contribution is -0.137. The average molecular weight is 566 g/mol. The lowest BCUT2D eigenvalue weighted by Crippen LogP contribution is -2.28. The minimum Gasteiger partial charge on any atom is -0.493 e. The Balaban J connectivity index is 1.22. The van der Waals surface area contributed by atoms with Crippen LogP contribution in [0.25, 0.3) is 11.1 Å². The molecule has 2 heterocycles. The number of benzene rings is 3. The third-order valence-electron chi connectivity index (χ3n) is 7.62. The van der Waals surface area contributed by atoms with E-state index in [0.29, 0.717) is 44.4 Å². The Morgan fingerprint density at radius 2 is 1.82 bits per heavy atom. The molecule has 8 nitrogen and oxygen atoms in total. The fourth-order valence-corrected chi connectivity index (χ4v) is 6.54. The molecule has 2 atom stereocenters. The van der Waals surface area contributed by atoms with Crippen molar-refractivity contribution in [2.45, 2.75) is 39.2 Å². The fraction of sp³-hybridized carbons (Fsp3) is 0.387. The first-order valence-corrected chi connectivity index (χ1v) is 15.3. The van der Waals surface area contributed by atoms with Gasteiger partial charge in [0.2, 0.25) is 10.0 Å². The van der Waals surface area contributed by atoms with Crippen LogP contribution in [0.2, 0.25) is 0 Å². The molecule has 0 bridgehead atoms. The summed E-state index contributed by atoms with van der Waals surface area (Å²) in [7, 11) is -3.15. The number of carboxylic acids is 1. The summed E-state index contributed by atoms with van der Waals surface area (Å²) in [6, 6.07) is 17.9. The van der Waals surface area contributed by atoms with Crippen molar-refractivity contribution in [2.24, 2.45) is 5.92 Å². The van der Waals surface area contributed by atoms with Gasteiger partial charge in [-0.15, -0.1) is 0 Å². The second-order valence-electron chi connectivity index (χ2n) is 10.8. The van der Waals surface area contributed by atoms with E-state index in [4.69, 9.17) is 19.3 Å². The molecule has 3 aromatic rings. The Morgan fingerprint density at radius 3 is 2.52 bits per heavy atom. The van der Waals surface area contributed by atoms with Crippen LogP contribution in [0, 0.1) is 19.8 Å². The van der Waals surface area contributed by atoms with Crippen molar-refractivity contribution < 1.29 is 32.5 Å². The summed E-state index contributed by atoms with van der Waals surface area (Å²) in [5.41, 5.74) is 6.38. The van der Waals surface area contributed by atoms with Gasteiger partial charge in [-0.3, -0.25) is 4.79 Å². The van der Waals surface area contributed by atoms with Gasteiger partial charge in [-0.05, 0) is 72.4 Å². The molecule has 0 radical (unpaired) electrons. The number of rotatable bonds is 10. The van der Waals surface area contributed by atoms with Crippen LogP contribution < -0.4 is 14.2 Å². The molecule has 212 valence electrons. The van der Waals surface area contributed by atoms with E-state index in [1.807, 2.05) is 42.5 Å². The summed E-state index contributed by atoms with van der Waals surface area (Å²) < 4.78 is 42.9. The van der Waals surface area contributed by atoms with Gasteiger partial charge in [-0.2, -0.15) is 0 Å². The zero-order valence-corrected chi connectivity index (χ0v) is 23.9. The van der Waals surface area contributed by atoms with Gasteiger partial charge >= 0.3 is 5.97 Å². The molecule has 9 heteroatoms. The molecule has 1 unspecified atom stereocenters. The Kier molecular flexibility index (Phi) is 8.05. The van der Waals surface area contributed by atoms with Crippen LogP contribution in [0.3, 0.4) is 0 Å². The lowest BCUT2D eigenvalue weighted by atomic mass is 9.94. The van der Waals surface area contributed by atoms with Gasteiger partial charge in [0.1, 0.15) is 23.9 Å².